The highest BCUT2D eigenvalue weighted by Crippen LogP contribution is 2.20. The van der Waals surface area contributed by atoms with Gasteiger partial charge in [-0.2, -0.15) is 0 Å². The third kappa shape index (κ3) is 4.02. The third-order valence-electron chi connectivity index (χ3n) is 3.11. The number of nitrogens with one attached hydrogen (secondary N) is 1. The molecule has 0 spiro atoms. The number of hydrogen-bond donors (Lipinski definition) is 1. The van der Waals surface area contributed by atoms with Crippen LogP contribution in [0.15, 0.2) is 42.6 Å². The zero-order valence-corrected chi connectivity index (χ0v) is 12.2. The van der Waals surface area contributed by atoms with Gasteiger partial charge in [0.2, 0.25) is 0 Å². The maximum atomic E-state index is 13.5. The van der Waals surface area contributed by atoms with Crippen molar-refractivity contribution < 1.29 is 4.39 Å². The molecule has 2 nitrogen and oxygen atoms in total. The fraction of sp³-hybridized carbons (Fsp3) is 0.312. The molecule has 0 amide bonds. The third-order valence-corrected chi connectivity index (χ3v) is 3.42. The van der Waals surface area contributed by atoms with E-state index in [4.69, 9.17) is 11.6 Å². The van der Waals surface area contributed by atoms with E-state index in [0.717, 1.165) is 24.2 Å². The molecule has 0 fully saturated rings. The fourth-order valence-electron chi connectivity index (χ4n) is 2.08. The monoisotopic (exact) mass is 292 g/mol. The summed E-state index contributed by atoms with van der Waals surface area (Å²) in [5.74, 6) is -0.376. The second kappa shape index (κ2) is 7.36. The summed E-state index contributed by atoms with van der Waals surface area (Å²) in [5, 5.41) is 3.61. The molecule has 0 radical (unpaired) electrons. The Labute approximate surface area is 124 Å². The van der Waals surface area contributed by atoms with Gasteiger partial charge in [0.1, 0.15) is 5.82 Å². The summed E-state index contributed by atoms with van der Waals surface area (Å²) in [5.41, 5.74) is 1.88. The van der Waals surface area contributed by atoms with Crippen LogP contribution < -0.4 is 5.32 Å². The van der Waals surface area contributed by atoms with E-state index in [9.17, 15) is 4.39 Å². The Hall–Kier alpha value is -1.45. The summed E-state index contributed by atoms with van der Waals surface area (Å²) in [7, 11) is 0. The van der Waals surface area contributed by atoms with Gasteiger partial charge in [-0.15, -0.1) is 0 Å². The van der Waals surface area contributed by atoms with Gasteiger partial charge in [-0.25, -0.2) is 4.39 Å². The van der Waals surface area contributed by atoms with E-state index >= 15 is 0 Å². The maximum absolute atomic E-state index is 13.5. The van der Waals surface area contributed by atoms with Crippen LogP contribution in [0.2, 0.25) is 5.02 Å². The van der Waals surface area contributed by atoms with Crippen LogP contribution in [0.4, 0.5) is 4.39 Å². The summed E-state index contributed by atoms with van der Waals surface area (Å²) in [6, 6.07) is 10.9. The SMILES string of the molecule is CCCNC(Cc1ccc(Cl)c(F)c1)c1ccccn1. The number of halogens is 2. The van der Waals surface area contributed by atoms with Crippen LogP contribution in [0.3, 0.4) is 0 Å². The van der Waals surface area contributed by atoms with E-state index in [1.54, 1.807) is 12.3 Å². The maximum Gasteiger partial charge on any atom is 0.142 e. The first kappa shape index (κ1) is 14.9. The number of nitrogens with zero attached hydrogens (tertiary/aromatic N) is 1. The highest BCUT2D eigenvalue weighted by Gasteiger charge is 2.13. The Kier molecular flexibility index (Phi) is 5.50. The van der Waals surface area contributed by atoms with Crippen molar-refractivity contribution in [3.05, 3.63) is 64.7 Å². The molecule has 1 unspecified atom stereocenters. The quantitative estimate of drug-likeness (QED) is 0.865. The van der Waals surface area contributed by atoms with Crippen molar-refractivity contribution in [3.8, 4) is 0 Å². The number of pyridine rings is 1. The molecule has 0 bridgehead atoms. The van der Waals surface area contributed by atoms with Gasteiger partial charge < -0.3 is 5.32 Å². The minimum Gasteiger partial charge on any atom is -0.308 e. The van der Waals surface area contributed by atoms with Gasteiger partial charge in [0.25, 0.3) is 0 Å². The molecule has 0 aliphatic rings. The minimum absolute atomic E-state index is 0.0803. The first-order chi connectivity index (χ1) is 9.70. The lowest BCUT2D eigenvalue weighted by molar-refractivity contribution is 0.516. The van der Waals surface area contributed by atoms with Crippen LogP contribution in [0.5, 0.6) is 0 Å². The summed E-state index contributed by atoms with van der Waals surface area (Å²) in [6.07, 6.45) is 3.50. The average molecular weight is 293 g/mol. The van der Waals surface area contributed by atoms with Crippen molar-refractivity contribution in [3.63, 3.8) is 0 Å². The van der Waals surface area contributed by atoms with Crippen molar-refractivity contribution >= 4 is 11.6 Å². The summed E-state index contributed by atoms with van der Waals surface area (Å²) in [4.78, 5) is 4.39. The largest absolute Gasteiger partial charge is 0.308 e. The van der Waals surface area contributed by atoms with Crippen molar-refractivity contribution in [1.29, 1.82) is 0 Å². The van der Waals surface area contributed by atoms with Crippen molar-refractivity contribution in [2.24, 2.45) is 0 Å². The molecule has 1 aromatic heterocycles. The van der Waals surface area contributed by atoms with Crippen LogP contribution >= 0.6 is 11.6 Å². The molecule has 106 valence electrons. The van der Waals surface area contributed by atoms with Gasteiger partial charge in [0.15, 0.2) is 0 Å². The van der Waals surface area contributed by atoms with Gasteiger partial charge in [0, 0.05) is 6.20 Å². The second-order valence-corrected chi connectivity index (χ2v) is 5.12. The first-order valence-electron chi connectivity index (χ1n) is 6.79. The lowest BCUT2D eigenvalue weighted by Gasteiger charge is -2.18. The predicted octanol–water partition coefficient (Wildman–Crippen LogP) is 4.16. The zero-order chi connectivity index (χ0) is 14.4. The molecular formula is C16H18ClFN2. The lowest BCUT2D eigenvalue weighted by atomic mass is 10.0. The summed E-state index contributed by atoms with van der Waals surface area (Å²) >= 11 is 5.71. The molecule has 4 heteroatoms. The van der Waals surface area contributed by atoms with E-state index in [2.05, 4.69) is 17.2 Å². The van der Waals surface area contributed by atoms with Crippen molar-refractivity contribution in [2.75, 3.05) is 6.54 Å². The second-order valence-electron chi connectivity index (χ2n) is 4.71. The van der Waals surface area contributed by atoms with Gasteiger partial charge in [0.05, 0.1) is 16.8 Å². The summed E-state index contributed by atoms with van der Waals surface area (Å²) in [6.45, 7) is 3.02. The molecule has 1 heterocycles. The number of hydrogen-bond acceptors (Lipinski definition) is 2. The van der Waals surface area contributed by atoms with E-state index in [-0.39, 0.29) is 16.9 Å². The van der Waals surface area contributed by atoms with Gasteiger partial charge in [-0.1, -0.05) is 30.7 Å². The first-order valence-corrected chi connectivity index (χ1v) is 7.16. The van der Waals surface area contributed by atoms with E-state index < -0.39 is 0 Å². The van der Waals surface area contributed by atoms with Crippen LogP contribution in [0, 0.1) is 5.82 Å². The standard InChI is InChI=1S/C16H18ClFN2/c1-2-8-19-16(15-5-3-4-9-20-15)11-12-6-7-13(17)14(18)10-12/h3-7,9-10,16,19H,2,8,11H2,1H3. The van der Waals surface area contributed by atoms with Gasteiger partial charge >= 0.3 is 0 Å². The fourth-order valence-corrected chi connectivity index (χ4v) is 2.20. The number of benzene rings is 1. The molecule has 0 aliphatic carbocycles. The molecule has 0 saturated heterocycles. The topological polar surface area (TPSA) is 24.9 Å². The predicted molar refractivity (Wildman–Crippen MR) is 80.4 cm³/mol. The van der Waals surface area contributed by atoms with Crippen LogP contribution in [-0.4, -0.2) is 11.5 Å². The van der Waals surface area contributed by atoms with Crippen molar-refractivity contribution in [2.45, 2.75) is 25.8 Å². The smallest absolute Gasteiger partial charge is 0.142 e. The van der Waals surface area contributed by atoms with E-state index in [0.29, 0.717) is 6.42 Å². The molecule has 1 aromatic carbocycles. The number of aromatic nitrogens is 1. The van der Waals surface area contributed by atoms with Crippen LogP contribution in [0.1, 0.15) is 30.6 Å². The van der Waals surface area contributed by atoms with Crippen molar-refractivity contribution in [1.82, 2.24) is 10.3 Å². The Balaban J connectivity index is 2.17. The molecule has 20 heavy (non-hydrogen) atoms. The van der Waals surface area contributed by atoms with E-state index in [1.165, 1.54) is 6.07 Å². The molecule has 2 rings (SSSR count). The molecule has 2 aromatic rings. The normalized spacial score (nSPS) is 12.3. The molecule has 1 N–H and O–H groups in total. The van der Waals surface area contributed by atoms with E-state index in [1.807, 2.05) is 24.3 Å². The molecule has 0 aliphatic heterocycles. The van der Waals surface area contributed by atoms with Gasteiger partial charge in [-0.05, 0) is 49.2 Å². The van der Waals surface area contributed by atoms with Crippen LogP contribution in [0.25, 0.3) is 0 Å². The highest BCUT2D eigenvalue weighted by molar-refractivity contribution is 6.30. The Bertz CT molecular complexity index is 545. The molecular weight excluding hydrogens is 275 g/mol. The van der Waals surface area contributed by atoms with Gasteiger partial charge in [-0.3, -0.25) is 4.98 Å². The average Bonchev–Trinajstić information content (AvgIpc) is 2.48. The highest BCUT2D eigenvalue weighted by atomic mass is 35.5. The Morgan fingerprint density at radius 3 is 2.80 bits per heavy atom. The minimum atomic E-state index is -0.376. The molecule has 1 atom stereocenters. The zero-order valence-electron chi connectivity index (χ0n) is 11.4. The Morgan fingerprint density at radius 2 is 2.15 bits per heavy atom. The van der Waals surface area contributed by atoms with Crippen LogP contribution in [-0.2, 0) is 6.42 Å². The Morgan fingerprint density at radius 1 is 1.30 bits per heavy atom. The number of rotatable bonds is 6. The molecule has 0 saturated carbocycles. The lowest BCUT2D eigenvalue weighted by Crippen LogP contribution is -2.25. The summed E-state index contributed by atoms with van der Waals surface area (Å²) < 4.78 is 13.5.